The quantitative estimate of drug-likeness (QED) is 0.294. The first-order valence-electron chi connectivity index (χ1n) is 9.95. The van der Waals surface area contributed by atoms with Crippen molar-refractivity contribution < 1.29 is 0 Å². The van der Waals surface area contributed by atoms with Crippen LogP contribution >= 0.6 is 12.2 Å². The Labute approximate surface area is 179 Å². The maximum atomic E-state index is 5.41. The van der Waals surface area contributed by atoms with Gasteiger partial charge in [-0.25, -0.2) is 5.10 Å². The molecule has 148 valence electrons. The number of aromatic nitrogens is 4. The van der Waals surface area contributed by atoms with Crippen LogP contribution in [0.1, 0.15) is 18.1 Å². The number of hydrogen-bond donors (Lipinski definition) is 1. The highest BCUT2D eigenvalue weighted by Gasteiger charge is 2.10. The molecule has 0 radical (unpaired) electrons. The summed E-state index contributed by atoms with van der Waals surface area (Å²) in [5.41, 5.74) is 5.63. The van der Waals surface area contributed by atoms with E-state index in [4.69, 9.17) is 12.2 Å². The number of fused-ring (bicyclic) bond motifs is 3. The van der Waals surface area contributed by atoms with Gasteiger partial charge in [0.25, 0.3) is 0 Å². The molecule has 0 aliphatic carbocycles. The summed E-state index contributed by atoms with van der Waals surface area (Å²) in [6, 6.07) is 23.1. The maximum absolute atomic E-state index is 5.41. The molecule has 0 bridgehead atoms. The number of rotatable bonds is 4. The SMILES string of the molecule is CCn1c2ccccc2c2cc(C=Nn3c(-c4cccc(C)c4)n[nH]c3=S)ccc21. The van der Waals surface area contributed by atoms with Crippen molar-refractivity contribution in [3.8, 4) is 11.4 Å². The fraction of sp³-hybridized carbons (Fsp3) is 0.125. The van der Waals surface area contributed by atoms with E-state index in [1.54, 1.807) is 4.68 Å². The molecule has 2 heterocycles. The minimum absolute atomic E-state index is 0.464. The van der Waals surface area contributed by atoms with Crippen LogP contribution < -0.4 is 0 Å². The number of aryl methyl sites for hydroxylation is 2. The van der Waals surface area contributed by atoms with Crippen molar-refractivity contribution in [3.63, 3.8) is 0 Å². The molecule has 0 atom stereocenters. The summed E-state index contributed by atoms with van der Waals surface area (Å²) in [6.45, 7) is 5.16. The highest BCUT2D eigenvalue weighted by atomic mass is 32.1. The Balaban J connectivity index is 1.60. The van der Waals surface area contributed by atoms with Crippen molar-refractivity contribution in [1.29, 1.82) is 0 Å². The fourth-order valence-corrected chi connectivity index (χ4v) is 4.17. The molecule has 5 nitrogen and oxygen atoms in total. The number of nitrogens with one attached hydrogen (secondary N) is 1. The predicted octanol–water partition coefficient (Wildman–Crippen LogP) is 5.93. The first-order valence-corrected chi connectivity index (χ1v) is 10.4. The minimum atomic E-state index is 0.464. The predicted molar refractivity (Wildman–Crippen MR) is 126 cm³/mol. The van der Waals surface area contributed by atoms with E-state index in [0.29, 0.717) is 10.6 Å². The summed E-state index contributed by atoms with van der Waals surface area (Å²) in [5, 5.41) is 14.4. The minimum Gasteiger partial charge on any atom is -0.341 e. The molecule has 2 aromatic heterocycles. The van der Waals surface area contributed by atoms with Crippen LogP contribution in [0.5, 0.6) is 0 Å². The second-order valence-electron chi connectivity index (χ2n) is 7.32. The van der Waals surface area contributed by atoms with Crippen molar-refractivity contribution in [1.82, 2.24) is 19.4 Å². The first-order chi connectivity index (χ1) is 14.7. The molecule has 0 amide bonds. The average molecular weight is 412 g/mol. The molecule has 0 unspecified atom stereocenters. The molecule has 5 aromatic rings. The van der Waals surface area contributed by atoms with Gasteiger partial charge in [0.2, 0.25) is 4.77 Å². The Kier molecular flexibility index (Phi) is 4.56. The summed E-state index contributed by atoms with van der Waals surface area (Å²) in [5.74, 6) is 0.698. The second-order valence-corrected chi connectivity index (χ2v) is 7.70. The molecule has 0 aliphatic rings. The lowest BCUT2D eigenvalue weighted by atomic mass is 10.1. The molecule has 1 N–H and O–H groups in total. The number of para-hydroxylation sites is 1. The average Bonchev–Trinajstić information content (AvgIpc) is 3.29. The standard InChI is InChI=1S/C24H21N5S/c1-3-28-21-10-5-4-9-19(21)20-14-17(11-12-22(20)28)15-25-29-23(26-27-24(29)30)18-8-6-7-16(2)13-18/h4-15H,3H2,1-2H3,(H,27,30). The molecule has 0 saturated carbocycles. The molecule has 6 heteroatoms. The monoisotopic (exact) mass is 411 g/mol. The van der Waals surface area contributed by atoms with Crippen LogP contribution in [0.15, 0.2) is 71.8 Å². The van der Waals surface area contributed by atoms with Gasteiger partial charge in [-0.05, 0) is 55.9 Å². The first kappa shape index (κ1) is 18.5. The Morgan fingerprint density at radius 1 is 1.00 bits per heavy atom. The third-order valence-electron chi connectivity index (χ3n) is 5.36. The summed E-state index contributed by atoms with van der Waals surface area (Å²) < 4.78 is 4.48. The van der Waals surface area contributed by atoms with Crippen LogP contribution in [-0.2, 0) is 6.54 Å². The highest BCUT2D eigenvalue weighted by molar-refractivity contribution is 7.71. The Morgan fingerprint density at radius 2 is 1.83 bits per heavy atom. The zero-order valence-electron chi connectivity index (χ0n) is 16.8. The molecule has 0 saturated heterocycles. The molecule has 0 spiro atoms. The van der Waals surface area contributed by atoms with E-state index in [2.05, 4.69) is 88.3 Å². The Hall–Kier alpha value is -3.51. The van der Waals surface area contributed by atoms with Crippen LogP contribution in [0, 0.1) is 11.7 Å². The van der Waals surface area contributed by atoms with Crippen molar-refractivity contribution in [2.45, 2.75) is 20.4 Å². The zero-order valence-corrected chi connectivity index (χ0v) is 17.6. The molecular formula is C24H21N5S. The van der Waals surface area contributed by atoms with E-state index in [-0.39, 0.29) is 0 Å². The van der Waals surface area contributed by atoms with Gasteiger partial charge >= 0.3 is 0 Å². The Morgan fingerprint density at radius 3 is 2.67 bits per heavy atom. The van der Waals surface area contributed by atoms with Gasteiger partial charge in [-0.3, -0.25) is 0 Å². The summed E-state index contributed by atoms with van der Waals surface area (Å²) >= 11 is 5.41. The summed E-state index contributed by atoms with van der Waals surface area (Å²) in [4.78, 5) is 0. The molecule has 5 rings (SSSR count). The van der Waals surface area contributed by atoms with Crippen LogP contribution in [-0.4, -0.2) is 25.7 Å². The third kappa shape index (κ3) is 3.06. The lowest BCUT2D eigenvalue weighted by molar-refractivity contribution is 0.827. The third-order valence-corrected chi connectivity index (χ3v) is 5.63. The van der Waals surface area contributed by atoms with Crippen molar-refractivity contribution in [2.75, 3.05) is 0 Å². The van der Waals surface area contributed by atoms with Crippen LogP contribution in [0.3, 0.4) is 0 Å². The number of H-pyrrole nitrogens is 1. The van der Waals surface area contributed by atoms with E-state index in [9.17, 15) is 0 Å². The number of aromatic amines is 1. The van der Waals surface area contributed by atoms with E-state index in [1.807, 2.05) is 18.3 Å². The molecule has 0 aliphatic heterocycles. The van der Waals surface area contributed by atoms with Gasteiger partial charge in [-0.1, -0.05) is 48.0 Å². The highest BCUT2D eigenvalue weighted by Crippen LogP contribution is 2.29. The van der Waals surface area contributed by atoms with Gasteiger partial charge in [0, 0.05) is 33.9 Å². The zero-order chi connectivity index (χ0) is 20.7. The maximum Gasteiger partial charge on any atom is 0.216 e. The van der Waals surface area contributed by atoms with E-state index < -0.39 is 0 Å². The van der Waals surface area contributed by atoms with Gasteiger partial charge in [0.1, 0.15) is 0 Å². The number of benzene rings is 3. The number of hydrogen-bond acceptors (Lipinski definition) is 3. The van der Waals surface area contributed by atoms with Gasteiger partial charge in [-0.2, -0.15) is 14.9 Å². The Bertz CT molecular complexity index is 1470. The molecule has 30 heavy (non-hydrogen) atoms. The van der Waals surface area contributed by atoms with Gasteiger partial charge < -0.3 is 4.57 Å². The van der Waals surface area contributed by atoms with E-state index in [0.717, 1.165) is 23.2 Å². The summed E-state index contributed by atoms with van der Waals surface area (Å²) in [6.07, 6.45) is 1.84. The van der Waals surface area contributed by atoms with Crippen molar-refractivity contribution >= 4 is 40.2 Å². The topological polar surface area (TPSA) is 50.9 Å². The second kappa shape index (κ2) is 7.39. The van der Waals surface area contributed by atoms with Gasteiger partial charge in [-0.15, -0.1) is 0 Å². The molecular weight excluding hydrogens is 390 g/mol. The smallest absolute Gasteiger partial charge is 0.216 e. The van der Waals surface area contributed by atoms with E-state index in [1.165, 1.54) is 21.8 Å². The molecule has 0 fully saturated rings. The van der Waals surface area contributed by atoms with Crippen LogP contribution in [0.2, 0.25) is 0 Å². The van der Waals surface area contributed by atoms with Crippen molar-refractivity contribution in [3.05, 3.63) is 82.6 Å². The van der Waals surface area contributed by atoms with E-state index >= 15 is 0 Å². The largest absolute Gasteiger partial charge is 0.341 e. The van der Waals surface area contributed by atoms with Crippen LogP contribution in [0.4, 0.5) is 0 Å². The number of nitrogens with zero attached hydrogens (tertiary/aromatic N) is 4. The summed E-state index contributed by atoms with van der Waals surface area (Å²) in [7, 11) is 0. The van der Waals surface area contributed by atoms with Crippen molar-refractivity contribution in [2.24, 2.45) is 5.10 Å². The van der Waals surface area contributed by atoms with Crippen LogP contribution in [0.25, 0.3) is 33.2 Å². The fourth-order valence-electron chi connectivity index (χ4n) is 3.99. The van der Waals surface area contributed by atoms with Gasteiger partial charge in [0.15, 0.2) is 5.82 Å². The lowest BCUT2D eigenvalue weighted by Crippen LogP contribution is -1.96. The lowest BCUT2D eigenvalue weighted by Gasteiger charge is -2.03. The van der Waals surface area contributed by atoms with Gasteiger partial charge in [0.05, 0.1) is 6.21 Å². The molecule has 3 aromatic carbocycles. The normalized spacial score (nSPS) is 11.8.